The summed E-state index contributed by atoms with van der Waals surface area (Å²) in [6, 6.07) is 8.35. The average Bonchev–Trinajstić information content (AvgIpc) is 2.26. The Morgan fingerprint density at radius 2 is 1.84 bits per heavy atom. The van der Waals surface area contributed by atoms with Crippen LogP contribution in [0, 0.1) is 11.8 Å². The normalized spacial score (nSPS) is 17.4. The van der Waals surface area contributed by atoms with Crippen LogP contribution in [0.4, 0.5) is 5.69 Å². The quantitative estimate of drug-likeness (QED) is 0.883. The summed E-state index contributed by atoms with van der Waals surface area (Å²) in [6.45, 7) is 8.79. The van der Waals surface area contributed by atoms with Crippen LogP contribution in [0.15, 0.2) is 24.3 Å². The maximum absolute atomic E-state index is 10.7. The van der Waals surface area contributed by atoms with Crippen molar-refractivity contribution < 1.29 is 9.90 Å². The summed E-state index contributed by atoms with van der Waals surface area (Å²) in [6.07, 6.45) is 0.193. The number of carboxylic acid groups (broad SMARTS) is 1. The minimum Gasteiger partial charge on any atom is -0.481 e. The third kappa shape index (κ3) is 3.28. The maximum atomic E-state index is 10.7. The van der Waals surface area contributed by atoms with Crippen LogP contribution in [0.3, 0.4) is 0 Å². The van der Waals surface area contributed by atoms with E-state index >= 15 is 0 Å². The van der Waals surface area contributed by atoms with Crippen molar-refractivity contribution in [3.05, 3.63) is 29.8 Å². The Hall–Kier alpha value is -1.51. The largest absolute Gasteiger partial charge is 0.481 e. The smallest absolute Gasteiger partial charge is 0.303 e. The molecule has 0 spiro atoms. The summed E-state index contributed by atoms with van der Waals surface area (Å²) in [7, 11) is 0. The highest BCUT2D eigenvalue weighted by Crippen LogP contribution is 2.30. The van der Waals surface area contributed by atoms with Gasteiger partial charge in [0, 0.05) is 18.8 Å². The zero-order valence-corrected chi connectivity index (χ0v) is 12.0. The van der Waals surface area contributed by atoms with Crippen LogP contribution >= 0.6 is 0 Å². The molecule has 3 heteroatoms. The average molecular weight is 261 g/mol. The number of hydrogen-bond donors (Lipinski definition) is 1. The highest BCUT2D eigenvalue weighted by molar-refractivity contribution is 5.68. The van der Waals surface area contributed by atoms with Crippen molar-refractivity contribution in [3.8, 4) is 0 Å². The molecular formula is C16H23NO2. The molecule has 19 heavy (non-hydrogen) atoms. The first-order chi connectivity index (χ1) is 8.97. The fourth-order valence-corrected chi connectivity index (χ4v) is 2.54. The standard InChI is InChI=1S/C16H23NO2/c1-11(2)14-9-17(10-14)15-6-4-13(5-7-15)12(3)8-16(18)19/h4-7,11-12,14H,8-10H2,1-3H3,(H,18,19). The third-order valence-corrected chi connectivity index (χ3v) is 4.16. The van der Waals surface area contributed by atoms with Crippen LogP contribution in [0.5, 0.6) is 0 Å². The molecule has 1 atom stereocenters. The maximum Gasteiger partial charge on any atom is 0.303 e. The molecule has 1 aliphatic heterocycles. The van der Waals surface area contributed by atoms with E-state index in [9.17, 15) is 4.79 Å². The molecule has 1 unspecified atom stereocenters. The van der Waals surface area contributed by atoms with Gasteiger partial charge in [-0.15, -0.1) is 0 Å². The highest BCUT2D eigenvalue weighted by Gasteiger charge is 2.28. The van der Waals surface area contributed by atoms with Gasteiger partial charge in [0.15, 0.2) is 0 Å². The van der Waals surface area contributed by atoms with Crippen molar-refractivity contribution in [1.29, 1.82) is 0 Å². The van der Waals surface area contributed by atoms with Gasteiger partial charge in [-0.05, 0) is 35.4 Å². The molecule has 1 heterocycles. The van der Waals surface area contributed by atoms with Crippen molar-refractivity contribution in [2.75, 3.05) is 18.0 Å². The number of carbonyl (C=O) groups is 1. The molecule has 0 bridgehead atoms. The molecular weight excluding hydrogens is 238 g/mol. The van der Waals surface area contributed by atoms with E-state index in [0.29, 0.717) is 0 Å². The summed E-state index contributed by atoms with van der Waals surface area (Å²) < 4.78 is 0. The number of carboxylic acids is 1. The van der Waals surface area contributed by atoms with Gasteiger partial charge in [0.2, 0.25) is 0 Å². The minimum atomic E-state index is -0.737. The Balaban J connectivity index is 1.94. The molecule has 1 aromatic carbocycles. The summed E-state index contributed by atoms with van der Waals surface area (Å²) in [5.41, 5.74) is 2.36. The topological polar surface area (TPSA) is 40.5 Å². The molecule has 104 valence electrons. The van der Waals surface area contributed by atoms with Gasteiger partial charge in [0.1, 0.15) is 0 Å². The number of nitrogens with zero attached hydrogens (tertiary/aromatic N) is 1. The molecule has 0 radical (unpaired) electrons. The van der Waals surface area contributed by atoms with Gasteiger partial charge < -0.3 is 10.0 Å². The van der Waals surface area contributed by atoms with Crippen molar-refractivity contribution in [1.82, 2.24) is 0 Å². The van der Waals surface area contributed by atoms with E-state index in [0.717, 1.165) is 30.5 Å². The zero-order chi connectivity index (χ0) is 14.0. The summed E-state index contributed by atoms with van der Waals surface area (Å²) >= 11 is 0. The molecule has 1 saturated heterocycles. The zero-order valence-electron chi connectivity index (χ0n) is 12.0. The second kappa shape index (κ2) is 5.64. The Morgan fingerprint density at radius 1 is 1.26 bits per heavy atom. The van der Waals surface area contributed by atoms with Gasteiger partial charge in [0.05, 0.1) is 6.42 Å². The second-order valence-electron chi connectivity index (χ2n) is 6.00. The monoisotopic (exact) mass is 261 g/mol. The lowest BCUT2D eigenvalue weighted by atomic mass is 9.88. The fraction of sp³-hybridized carbons (Fsp3) is 0.562. The van der Waals surface area contributed by atoms with Gasteiger partial charge >= 0.3 is 5.97 Å². The first-order valence-electron chi connectivity index (χ1n) is 7.04. The summed E-state index contributed by atoms with van der Waals surface area (Å²) in [5, 5.41) is 8.81. The van der Waals surface area contributed by atoms with E-state index in [1.165, 1.54) is 5.69 Å². The van der Waals surface area contributed by atoms with Crippen LogP contribution in [0.2, 0.25) is 0 Å². The van der Waals surface area contributed by atoms with Crippen LogP contribution < -0.4 is 4.90 Å². The molecule has 1 fully saturated rings. The van der Waals surface area contributed by atoms with Gasteiger partial charge in [-0.25, -0.2) is 0 Å². The van der Waals surface area contributed by atoms with Gasteiger partial charge in [-0.1, -0.05) is 32.9 Å². The lowest BCUT2D eigenvalue weighted by Crippen LogP contribution is -2.49. The van der Waals surface area contributed by atoms with Crippen molar-refractivity contribution in [3.63, 3.8) is 0 Å². The van der Waals surface area contributed by atoms with E-state index in [1.807, 2.05) is 6.92 Å². The molecule has 2 rings (SSSR count). The molecule has 1 aromatic rings. The fourth-order valence-electron chi connectivity index (χ4n) is 2.54. The number of rotatable bonds is 5. The van der Waals surface area contributed by atoms with E-state index in [4.69, 9.17) is 5.11 Å². The van der Waals surface area contributed by atoms with E-state index in [2.05, 4.69) is 43.0 Å². The number of benzene rings is 1. The van der Waals surface area contributed by atoms with Crippen LogP contribution in [0.1, 0.15) is 38.7 Å². The molecule has 0 aliphatic carbocycles. The molecule has 0 amide bonds. The minimum absolute atomic E-state index is 0.0753. The van der Waals surface area contributed by atoms with Crippen molar-refractivity contribution in [2.45, 2.75) is 33.1 Å². The van der Waals surface area contributed by atoms with E-state index in [-0.39, 0.29) is 12.3 Å². The van der Waals surface area contributed by atoms with Crippen LogP contribution in [-0.4, -0.2) is 24.2 Å². The molecule has 1 N–H and O–H groups in total. The predicted octanol–water partition coefficient (Wildman–Crippen LogP) is 3.36. The van der Waals surface area contributed by atoms with Gasteiger partial charge in [-0.3, -0.25) is 4.79 Å². The van der Waals surface area contributed by atoms with Gasteiger partial charge in [-0.2, -0.15) is 0 Å². The first kappa shape index (κ1) is 13.9. The second-order valence-corrected chi connectivity index (χ2v) is 6.00. The molecule has 1 aliphatic rings. The molecule has 3 nitrogen and oxygen atoms in total. The lowest BCUT2D eigenvalue weighted by molar-refractivity contribution is -0.137. The summed E-state index contributed by atoms with van der Waals surface area (Å²) in [5.74, 6) is 0.905. The Morgan fingerprint density at radius 3 is 2.32 bits per heavy atom. The Bertz CT molecular complexity index is 433. The number of anilines is 1. The van der Waals surface area contributed by atoms with Crippen molar-refractivity contribution >= 4 is 11.7 Å². The highest BCUT2D eigenvalue weighted by atomic mass is 16.4. The lowest BCUT2D eigenvalue weighted by Gasteiger charge is -2.43. The number of hydrogen-bond acceptors (Lipinski definition) is 2. The SMILES string of the molecule is CC(CC(=O)O)c1ccc(N2CC(C(C)C)C2)cc1. The van der Waals surface area contributed by atoms with E-state index < -0.39 is 5.97 Å². The first-order valence-corrected chi connectivity index (χ1v) is 7.04. The van der Waals surface area contributed by atoms with Crippen molar-refractivity contribution in [2.24, 2.45) is 11.8 Å². The Labute approximate surface area is 115 Å². The van der Waals surface area contributed by atoms with Gasteiger partial charge in [0.25, 0.3) is 0 Å². The van der Waals surface area contributed by atoms with E-state index in [1.54, 1.807) is 0 Å². The van der Waals surface area contributed by atoms with Crippen LogP contribution in [0.25, 0.3) is 0 Å². The predicted molar refractivity (Wildman–Crippen MR) is 77.7 cm³/mol. The molecule has 0 aromatic heterocycles. The number of aliphatic carboxylic acids is 1. The van der Waals surface area contributed by atoms with Crippen LogP contribution in [-0.2, 0) is 4.79 Å². The third-order valence-electron chi connectivity index (χ3n) is 4.16. The molecule has 0 saturated carbocycles. The summed E-state index contributed by atoms with van der Waals surface area (Å²) in [4.78, 5) is 13.1. The Kier molecular flexibility index (Phi) is 4.13.